The van der Waals surface area contributed by atoms with Crippen LogP contribution in [-0.4, -0.2) is 0 Å². The average molecular weight is 533 g/mol. The fourth-order valence-corrected chi connectivity index (χ4v) is 5.34. The van der Waals surface area contributed by atoms with Crippen molar-refractivity contribution >= 4 is 10.8 Å². The molecule has 40 heavy (non-hydrogen) atoms. The van der Waals surface area contributed by atoms with Crippen molar-refractivity contribution in [1.82, 2.24) is 0 Å². The zero-order valence-electron chi connectivity index (χ0n) is 24.6. The molecule has 4 aromatic carbocycles. The summed E-state index contributed by atoms with van der Waals surface area (Å²) in [4.78, 5) is 0. The summed E-state index contributed by atoms with van der Waals surface area (Å²) < 4.78 is 15.3. The van der Waals surface area contributed by atoms with Crippen molar-refractivity contribution in [2.75, 3.05) is 0 Å². The molecule has 208 valence electrons. The van der Waals surface area contributed by atoms with Gasteiger partial charge >= 0.3 is 0 Å². The number of unbranched alkanes of at least 4 members (excludes halogenated alkanes) is 7. The zero-order valence-corrected chi connectivity index (χ0v) is 24.6. The van der Waals surface area contributed by atoms with E-state index in [-0.39, 0.29) is 5.82 Å². The summed E-state index contributed by atoms with van der Waals surface area (Å²) in [5, 5.41) is 1.58. The Hall–Kier alpha value is -3.37. The van der Waals surface area contributed by atoms with E-state index in [2.05, 4.69) is 86.4 Å². The Balaban J connectivity index is 1.32. The van der Waals surface area contributed by atoms with Crippen molar-refractivity contribution in [3.8, 4) is 11.8 Å². The SMILES string of the molecule is CCCCCCCc1ccc(CCc2ccc3c(F)c(C#Cc4ccc(CCCCCC)cc4)ccc3c2)cc1. The molecule has 0 amide bonds. The van der Waals surface area contributed by atoms with E-state index in [1.807, 2.05) is 18.2 Å². The lowest BCUT2D eigenvalue weighted by Crippen LogP contribution is -1.94. The Morgan fingerprint density at radius 3 is 1.68 bits per heavy atom. The highest BCUT2D eigenvalue weighted by Gasteiger charge is 2.07. The molecule has 0 aliphatic heterocycles. The number of fused-ring (bicyclic) bond motifs is 1. The maximum Gasteiger partial charge on any atom is 0.146 e. The van der Waals surface area contributed by atoms with Gasteiger partial charge in [-0.3, -0.25) is 0 Å². The minimum atomic E-state index is -0.227. The molecule has 0 saturated heterocycles. The largest absolute Gasteiger partial charge is 0.205 e. The second-order valence-corrected chi connectivity index (χ2v) is 11.2. The second kappa shape index (κ2) is 16.0. The third-order valence-electron chi connectivity index (χ3n) is 7.93. The molecule has 0 N–H and O–H groups in total. The normalized spacial score (nSPS) is 11.0. The van der Waals surface area contributed by atoms with E-state index in [1.165, 1.54) is 86.5 Å². The minimum absolute atomic E-state index is 0.227. The molecular weight excluding hydrogens is 487 g/mol. The lowest BCUT2D eigenvalue weighted by atomic mass is 9.98. The first-order valence-corrected chi connectivity index (χ1v) is 15.6. The zero-order chi connectivity index (χ0) is 28.0. The Labute approximate surface area is 242 Å². The van der Waals surface area contributed by atoms with E-state index in [0.717, 1.165) is 30.2 Å². The molecule has 0 fully saturated rings. The molecule has 0 aliphatic carbocycles. The summed E-state index contributed by atoms with van der Waals surface area (Å²) in [5.74, 6) is 5.99. The molecule has 0 radical (unpaired) electrons. The van der Waals surface area contributed by atoms with E-state index >= 15 is 4.39 Å². The standard InChI is InChI=1S/C39H45F/c1-3-5-7-9-11-13-32-14-18-33(19-15-32)22-23-35-25-29-38-37(30-35)28-27-36(39(38)40)26-24-34-20-16-31(17-21-34)12-10-8-6-4-2/h14-21,25,27-30H,3-13,22-23H2,1-2H3. The predicted octanol–water partition coefficient (Wildman–Crippen LogP) is 10.8. The van der Waals surface area contributed by atoms with E-state index < -0.39 is 0 Å². The van der Waals surface area contributed by atoms with Crippen molar-refractivity contribution in [1.29, 1.82) is 0 Å². The average Bonchev–Trinajstić information content (AvgIpc) is 2.99. The minimum Gasteiger partial charge on any atom is -0.205 e. The molecular formula is C39H45F. The van der Waals surface area contributed by atoms with Gasteiger partial charge in [0.2, 0.25) is 0 Å². The van der Waals surface area contributed by atoms with E-state index in [4.69, 9.17) is 0 Å². The third kappa shape index (κ3) is 9.09. The van der Waals surface area contributed by atoms with Gasteiger partial charge in [0.25, 0.3) is 0 Å². The second-order valence-electron chi connectivity index (χ2n) is 11.2. The molecule has 0 aromatic heterocycles. The number of rotatable bonds is 14. The molecule has 0 heterocycles. The lowest BCUT2D eigenvalue weighted by Gasteiger charge is -2.07. The van der Waals surface area contributed by atoms with Gasteiger partial charge in [-0.25, -0.2) is 4.39 Å². The molecule has 4 rings (SSSR count). The van der Waals surface area contributed by atoms with Crippen LogP contribution in [0, 0.1) is 17.7 Å². The van der Waals surface area contributed by atoms with Gasteiger partial charge in [-0.1, -0.05) is 131 Å². The van der Waals surface area contributed by atoms with Crippen LogP contribution in [0.25, 0.3) is 10.8 Å². The van der Waals surface area contributed by atoms with Gasteiger partial charge in [0.15, 0.2) is 0 Å². The van der Waals surface area contributed by atoms with Crippen molar-refractivity contribution in [2.24, 2.45) is 0 Å². The summed E-state index contributed by atoms with van der Waals surface area (Å²) in [6.07, 6.45) is 15.9. The van der Waals surface area contributed by atoms with Crippen LogP contribution in [0.3, 0.4) is 0 Å². The molecule has 0 atom stereocenters. The predicted molar refractivity (Wildman–Crippen MR) is 170 cm³/mol. The number of halogens is 1. The Kier molecular flexibility index (Phi) is 11.9. The molecule has 4 aromatic rings. The summed E-state index contributed by atoms with van der Waals surface area (Å²) in [5.41, 5.74) is 6.76. The van der Waals surface area contributed by atoms with E-state index in [1.54, 1.807) is 0 Å². The van der Waals surface area contributed by atoms with Crippen LogP contribution in [-0.2, 0) is 25.7 Å². The van der Waals surface area contributed by atoms with Crippen molar-refractivity contribution in [3.63, 3.8) is 0 Å². The summed E-state index contributed by atoms with van der Waals surface area (Å²) in [6, 6.07) is 27.4. The van der Waals surface area contributed by atoms with Crippen molar-refractivity contribution in [2.45, 2.75) is 97.3 Å². The first kappa shape index (κ1) is 29.6. The van der Waals surface area contributed by atoms with Gasteiger partial charge < -0.3 is 0 Å². The Bertz CT molecular complexity index is 1380. The van der Waals surface area contributed by atoms with Crippen LogP contribution in [0.15, 0.2) is 78.9 Å². The first-order chi connectivity index (χ1) is 19.7. The lowest BCUT2D eigenvalue weighted by molar-refractivity contribution is 0.632. The van der Waals surface area contributed by atoms with E-state index in [9.17, 15) is 0 Å². The molecule has 0 nitrogen and oxygen atoms in total. The Morgan fingerprint density at radius 1 is 0.500 bits per heavy atom. The van der Waals surface area contributed by atoms with Gasteiger partial charge in [0.1, 0.15) is 5.82 Å². The monoisotopic (exact) mass is 532 g/mol. The molecule has 0 saturated carbocycles. The molecule has 0 bridgehead atoms. The molecule has 1 heteroatoms. The molecule has 0 unspecified atom stereocenters. The summed E-state index contributed by atoms with van der Waals surface area (Å²) in [6.45, 7) is 4.50. The van der Waals surface area contributed by atoms with Gasteiger partial charge in [0, 0.05) is 10.9 Å². The first-order valence-electron chi connectivity index (χ1n) is 15.6. The van der Waals surface area contributed by atoms with Crippen LogP contribution in [0.4, 0.5) is 4.39 Å². The van der Waals surface area contributed by atoms with Crippen LogP contribution in [0.1, 0.15) is 105 Å². The fraction of sp³-hybridized carbons (Fsp3) is 0.385. The van der Waals surface area contributed by atoms with Gasteiger partial charge in [0.05, 0.1) is 5.56 Å². The van der Waals surface area contributed by atoms with Crippen LogP contribution in [0.2, 0.25) is 0 Å². The highest BCUT2D eigenvalue weighted by atomic mass is 19.1. The molecule has 0 aliphatic rings. The van der Waals surface area contributed by atoms with Gasteiger partial charge in [-0.05, 0) is 84.4 Å². The van der Waals surface area contributed by atoms with Crippen molar-refractivity contribution < 1.29 is 4.39 Å². The van der Waals surface area contributed by atoms with Gasteiger partial charge in [-0.15, -0.1) is 0 Å². The van der Waals surface area contributed by atoms with Crippen LogP contribution >= 0.6 is 0 Å². The van der Waals surface area contributed by atoms with Crippen molar-refractivity contribution in [3.05, 3.63) is 118 Å². The summed E-state index contributed by atoms with van der Waals surface area (Å²) in [7, 11) is 0. The highest BCUT2D eigenvalue weighted by Crippen LogP contribution is 2.23. The topological polar surface area (TPSA) is 0 Å². The fourth-order valence-electron chi connectivity index (χ4n) is 5.34. The van der Waals surface area contributed by atoms with E-state index in [0.29, 0.717) is 10.9 Å². The Morgan fingerprint density at radius 2 is 1.02 bits per heavy atom. The maximum absolute atomic E-state index is 15.3. The third-order valence-corrected chi connectivity index (χ3v) is 7.93. The smallest absolute Gasteiger partial charge is 0.146 e. The summed E-state index contributed by atoms with van der Waals surface area (Å²) >= 11 is 0. The maximum atomic E-state index is 15.3. The van der Waals surface area contributed by atoms with Crippen LogP contribution in [0.5, 0.6) is 0 Å². The molecule has 0 spiro atoms. The quantitative estimate of drug-likeness (QED) is 0.112. The number of hydrogen-bond donors (Lipinski definition) is 0. The number of benzene rings is 4. The number of hydrogen-bond acceptors (Lipinski definition) is 0. The highest BCUT2D eigenvalue weighted by molar-refractivity contribution is 5.85. The number of aryl methyl sites for hydroxylation is 4. The van der Waals surface area contributed by atoms with Gasteiger partial charge in [-0.2, -0.15) is 0 Å². The van der Waals surface area contributed by atoms with Crippen LogP contribution < -0.4 is 0 Å².